The zero-order valence-corrected chi connectivity index (χ0v) is 19.3. The van der Waals surface area contributed by atoms with E-state index in [2.05, 4.69) is 10.0 Å². The average Bonchev–Trinajstić information content (AvgIpc) is 2.76. The Bertz CT molecular complexity index is 1150. The van der Waals surface area contributed by atoms with E-state index >= 15 is 0 Å². The molecule has 0 bridgehead atoms. The number of hydrogen-bond acceptors (Lipinski definition) is 4. The molecule has 0 saturated heterocycles. The molecule has 6 nitrogen and oxygen atoms in total. The molecule has 0 atom stereocenters. The number of carbonyl (C=O) groups is 1. The van der Waals surface area contributed by atoms with E-state index in [-0.39, 0.29) is 17.4 Å². The first kappa shape index (κ1) is 23.5. The van der Waals surface area contributed by atoms with Gasteiger partial charge in [-0.2, -0.15) is 0 Å². The molecule has 0 unspecified atom stereocenters. The van der Waals surface area contributed by atoms with Crippen molar-refractivity contribution in [3.05, 3.63) is 89.0 Å². The second-order valence-corrected chi connectivity index (χ2v) is 9.48. The van der Waals surface area contributed by atoms with Crippen LogP contribution in [-0.4, -0.2) is 27.5 Å². The van der Waals surface area contributed by atoms with Crippen molar-refractivity contribution in [3.63, 3.8) is 0 Å². The Kier molecular flexibility index (Phi) is 7.66. The fourth-order valence-corrected chi connectivity index (χ4v) is 4.51. The van der Waals surface area contributed by atoms with Gasteiger partial charge in [0, 0.05) is 12.2 Å². The highest BCUT2D eigenvalue weighted by Crippen LogP contribution is 2.22. The molecule has 0 radical (unpaired) electrons. The normalized spacial score (nSPS) is 11.2. The van der Waals surface area contributed by atoms with E-state index < -0.39 is 10.0 Å². The number of amides is 1. The lowest BCUT2D eigenvalue weighted by molar-refractivity contribution is -0.118. The third-order valence-electron chi connectivity index (χ3n) is 4.99. The van der Waals surface area contributed by atoms with Crippen LogP contribution in [0.25, 0.3) is 0 Å². The van der Waals surface area contributed by atoms with Gasteiger partial charge in [-0.25, -0.2) is 13.1 Å². The highest BCUT2D eigenvalue weighted by atomic mass is 32.2. The third kappa shape index (κ3) is 6.42. The maximum atomic E-state index is 12.5. The summed E-state index contributed by atoms with van der Waals surface area (Å²) in [7, 11) is -3.62. The molecule has 3 rings (SSSR count). The molecule has 0 spiro atoms. The number of aryl methyl sites for hydroxylation is 3. The molecule has 0 aliphatic rings. The summed E-state index contributed by atoms with van der Waals surface area (Å²) < 4.78 is 33.1. The number of ether oxygens (including phenoxy) is 1. The topological polar surface area (TPSA) is 84.5 Å². The van der Waals surface area contributed by atoms with Crippen molar-refractivity contribution < 1.29 is 17.9 Å². The Morgan fingerprint density at radius 2 is 1.53 bits per heavy atom. The predicted octanol–water partition coefficient (Wildman–Crippen LogP) is 4.15. The zero-order chi connectivity index (χ0) is 23.1. The summed E-state index contributed by atoms with van der Waals surface area (Å²) in [5, 5.41) is 2.88. The van der Waals surface area contributed by atoms with Gasteiger partial charge in [-0.3, -0.25) is 4.79 Å². The zero-order valence-electron chi connectivity index (χ0n) is 18.5. The second-order valence-electron chi connectivity index (χ2n) is 7.72. The first-order valence-corrected chi connectivity index (χ1v) is 11.9. The average molecular weight is 453 g/mol. The van der Waals surface area contributed by atoms with Gasteiger partial charge in [0.05, 0.1) is 4.90 Å². The van der Waals surface area contributed by atoms with Crippen LogP contribution < -0.4 is 14.8 Å². The summed E-state index contributed by atoms with van der Waals surface area (Å²) >= 11 is 0. The second kappa shape index (κ2) is 10.4. The minimum Gasteiger partial charge on any atom is -0.484 e. The lowest BCUT2D eigenvalue weighted by Crippen LogP contribution is -2.26. The standard InChI is InChI=1S/C25H28N2O4S/c1-18-15-19(2)25(20(3)16-18)27-24(28)17-31-22-9-11-23(12-10-22)32(29,30)26-14-13-21-7-5-4-6-8-21/h4-12,15-16,26H,13-14,17H2,1-3H3,(H,27,28). The Morgan fingerprint density at radius 1 is 0.906 bits per heavy atom. The molecule has 32 heavy (non-hydrogen) atoms. The van der Waals surface area contributed by atoms with E-state index in [1.165, 1.54) is 12.1 Å². The number of sulfonamides is 1. The molecule has 1 amide bonds. The van der Waals surface area contributed by atoms with Gasteiger partial charge in [-0.1, -0.05) is 48.0 Å². The monoisotopic (exact) mass is 452 g/mol. The molecule has 168 valence electrons. The SMILES string of the molecule is Cc1cc(C)c(NC(=O)COc2ccc(S(=O)(=O)NCCc3ccccc3)cc2)c(C)c1. The lowest BCUT2D eigenvalue weighted by Gasteiger charge is -2.13. The first-order valence-electron chi connectivity index (χ1n) is 10.4. The van der Waals surface area contributed by atoms with Crippen LogP contribution in [0.2, 0.25) is 0 Å². The maximum absolute atomic E-state index is 12.5. The number of benzene rings is 3. The largest absolute Gasteiger partial charge is 0.484 e. The van der Waals surface area contributed by atoms with Crippen molar-refractivity contribution in [1.82, 2.24) is 4.72 Å². The molecular formula is C25H28N2O4S. The first-order chi connectivity index (χ1) is 15.2. The van der Waals surface area contributed by atoms with Crippen molar-refractivity contribution in [1.29, 1.82) is 0 Å². The third-order valence-corrected chi connectivity index (χ3v) is 6.47. The molecule has 0 heterocycles. The van der Waals surface area contributed by atoms with Crippen LogP contribution in [-0.2, 0) is 21.2 Å². The number of hydrogen-bond donors (Lipinski definition) is 2. The van der Waals surface area contributed by atoms with Crippen molar-refractivity contribution in [2.24, 2.45) is 0 Å². The van der Waals surface area contributed by atoms with E-state index in [4.69, 9.17) is 4.74 Å². The number of rotatable bonds is 9. The molecule has 3 aromatic carbocycles. The minimum atomic E-state index is -3.62. The van der Waals surface area contributed by atoms with Crippen LogP contribution in [0.3, 0.4) is 0 Å². The molecule has 0 aliphatic heterocycles. The summed E-state index contributed by atoms with van der Waals surface area (Å²) in [6, 6.07) is 19.7. The fourth-order valence-electron chi connectivity index (χ4n) is 3.47. The summed E-state index contributed by atoms with van der Waals surface area (Å²) in [5.41, 5.74) is 4.97. The van der Waals surface area contributed by atoms with Crippen LogP contribution >= 0.6 is 0 Å². The highest BCUT2D eigenvalue weighted by Gasteiger charge is 2.14. The summed E-state index contributed by atoms with van der Waals surface area (Å²) in [4.78, 5) is 12.4. The lowest BCUT2D eigenvalue weighted by atomic mass is 10.1. The van der Waals surface area contributed by atoms with E-state index in [0.29, 0.717) is 18.7 Å². The van der Waals surface area contributed by atoms with Crippen molar-refractivity contribution in [2.75, 3.05) is 18.5 Å². The summed E-state index contributed by atoms with van der Waals surface area (Å²) in [5.74, 6) is 0.139. The summed E-state index contributed by atoms with van der Waals surface area (Å²) in [6.07, 6.45) is 0.607. The van der Waals surface area contributed by atoms with Crippen LogP contribution in [0, 0.1) is 20.8 Å². The smallest absolute Gasteiger partial charge is 0.262 e. The molecule has 7 heteroatoms. The Labute approximate surface area is 189 Å². The van der Waals surface area contributed by atoms with Crippen LogP contribution in [0.4, 0.5) is 5.69 Å². The number of carbonyl (C=O) groups excluding carboxylic acids is 1. The van der Waals surface area contributed by atoms with E-state index in [1.54, 1.807) is 12.1 Å². The molecule has 0 aliphatic carbocycles. The number of anilines is 1. The van der Waals surface area contributed by atoms with Crippen molar-refractivity contribution >= 4 is 21.6 Å². The van der Waals surface area contributed by atoms with Crippen LogP contribution in [0.1, 0.15) is 22.3 Å². The number of nitrogens with one attached hydrogen (secondary N) is 2. The van der Waals surface area contributed by atoms with Gasteiger partial charge in [0.25, 0.3) is 5.91 Å². The molecular weight excluding hydrogens is 424 g/mol. The van der Waals surface area contributed by atoms with Crippen LogP contribution in [0.5, 0.6) is 5.75 Å². The van der Waals surface area contributed by atoms with Gasteiger partial charge in [0.15, 0.2) is 6.61 Å². The van der Waals surface area contributed by atoms with E-state index in [0.717, 1.165) is 27.9 Å². The molecule has 0 saturated carbocycles. The quantitative estimate of drug-likeness (QED) is 0.511. The Morgan fingerprint density at radius 3 is 2.16 bits per heavy atom. The van der Waals surface area contributed by atoms with E-state index in [1.807, 2.05) is 63.2 Å². The fraction of sp³-hybridized carbons (Fsp3) is 0.240. The highest BCUT2D eigenvalue weighted by molar-refractivity contribution is 7.89. The van der Waals surface area contributed by atoms with Crippen LogP contribution in [0.15, 0.2) is 71.6 Å². The molecule has 3 aromatic rings. The molecule has 0 fully saturated rings. The van der Waals surface area contributed by atoms with Gasteiger partial charge in [-0.15, -0.1) is 0 Å². The van der Waals surface area contributed by atoms with Crippen molar-refractivity contribution in [2.45, 2.75) is 32.1 Å². The Hall–Kier alpha value is -3.16. The minimum absolute atomic E-state index is 0.147. The van der Waals surface area contributed by atoms with Gasteiger partial charge >= 0.3 is 0 Å². The van der Waals surface area contributed by atoms with Gasteiger partial charge in [0.2, 0.25) is 10.0 Å². The molecule has 0 aromatic heterocycles. The van der Waals surface area contributed by atoms with Gasteiger partial charge in [0.1, 0.15) is 5.75 Å². The van der Waals surface area contributed by atoms with Gasteiger partial charge < -0.3 is 10.1 Å². The Balaban J connectivity index is 1.52. The summed E-state index contributed by atoms with van der Waals surface area (Å²) in [6.45, 7) is 6.04. The molecule has 2 N–H and O–H groups in total. The maximum Gasteiger partial charge on any atom is 0.262 e. The van der Waals surface area contributed by atoms with Gasteiger partial charge in [-0.05, 0) is 68.1 Å². The van der Waals surface area contributed by atoms with Crippen molar-refractivity contribution in [3.8, 4) is 5.75 Å². The predicted molar refractivity (Wildman–Crippen MR) is 127 cm³/mol. The van der Waals surface area contributed by atoms with E-state index in [9.17, 15) is 13.2 Å².